The summed E-state index contributed by atoms with van der Waals surface area (Å²) in [5, 5.41) is 3.09. The van der Waals surface area contributed by atoms with Crippen molar-refractivity contribution in [3.63, 3.8) is 0 Å². The zero-order chi connectivity index (χ0) is 23.0. The van der Waals surface area contributed by atoms with Gasteiger partial charge in [-0.25, -0.2) is 0 Å². The number of benzene rings is 2. The number of nitrogens with one attached hydrogen (secondary N) is 1. The molecule has 1 atom stereocenters. The van der Waals surface area contributed by atoms with Crippen molar-refractivity contribution in [3.05, 3.63) is 53.6 Å². The van der Waals surface area contributed by atoms with Crippen LogP contribution in [-0.2, 0) is 0 Å². The molecule has 176 valence electrons. The number of carbonyl (C=O) groups is 1. The molecule has 1 unspecified atom stereocenters. The van der Waals surface area contributed by atoms with Gasteiger partial charge in [-0.1, -0.05) is 0 Å². The molecular formula is C28H37N3O2. The van der Waals surface area contributed by atoms with E-state index >= 15 is 0 Å². The zero-order valence-electron chi connectivity index (χ0n) is 20.3. The molecule has 1 saturated carbocycles. The van der Waals surface area contributed by atoms with Crippen molar-refractivity contribution in [2.24, 2.45) is 5.92 Å². The van der Waals surface area contributed by atoms with E-state index in [9.17, 15) is 4.79 Å². The maximum absolute atomic E-state index is 12.8. The Morgan fingerprint density at radius 3 is 2.61 bits per heavy atom. The fraction of sp³-hybridized carbons (Fsp3) is 0.536. The molecule has 3 aliphatic rings. The van der Waals surface area contributed by atoms with Gasteiger partial charge in [-0.05, 0) is 113 Å². The molecular weight excluding hydrogens is 410 g/mol. The number of nitrogens with zero attached hydrogens (tertiary/aromatic N) is 2. The second kappa shape index (κ2) is 9.02. The molecule has 3 fully saturated rings. The summed E-state index contributed by atoms with van der Waals surface area (Å²) in [5.41, 5.74) is 4.21. The van der Waals surface area contributed by atoms with Crippen LogP contribution in [0.2, 0.25) is 0 Å². The average Bonchev–Trinajstić information content (AvgIpc) is 3.40. The van der Waals surface area contributed by atoms with Crippen molar-refractivity contribution in [1.29, 1.82) is 0 Å². The van der Waals surface area contributed by atoms with Crippen LogP contribution >= 0.6 is 0 Å². The van der Waals surface area contributed by atoms with Crippen LogP contribution in [0.15, 0.2) is 42.5 Å². The molecule has 0 aromatic heterocycles. The highest BCUT2D eigenvalue weighted by Crippen LogP contribution is 2.41. The second-order valence-corrected chi connectivity index (χ2v) is 10.5. The van der Waals surface area contributed by atoms with Gasteiger partial charge in [0.2, 0.25) is 0 Å². The van der Waals surface area contributed by atoms with Crippen LogP contribution in [0.25, 0.3) is 0 Å². The highest BCUT2D eigenvalue weighted by atomic mass is 16.5. The molecule has 5 heteroatoms. The number of anilines is 2. The first-order chi connectivity index (χ1) is 15.9. The van der Waals surface area contributed by atoms with Crippen molar-refractivity contribution in [1.82, 2.24) is 4.90 Å². The van der Waals surface area contributed by atoms with Crippen LogP contribution in [-0.4, -0.2) is 48.6 Å². The fourth-order valence-electron chi connectivity index (χ4n) is 5.66. The molecule has 2 aromatic carbocycles. The summed E-state index contributed by atoms with van der Waals surface area (Å²) in [6.07, 6.45) is 6.40. The van der Waals surface area contributed by atoms with Crippen LogP contribution in [0.1, 0.15) is 61.9 Å². The van der Waals surface area contributed by atoms with Crippen molar-refractivity contribution in [3.8, 4) is 5.75 Å². The topological polar surface area (TPSA) is 44.8 Å². The Morgan fingerprint density at radius 1 is 1.12 bits per heavy atom. The molecule has 1 N–H and O–H groups in total. The highest BCUT2D eigenvalue weighted by molar-refractivity contribution is 6.04. The Kier molecular flexibility index (Phi) is 6.09. The number of aryl methyl sites for hydroxylation is 1. The van der Waals surface area contributed by atoms with E-state index < -0.39 is 0 Å². The Bertz CT molecular complexity index is 999. The molecule has 2 heterocycles. The van der Waals surface area contributed by atoms with Gasteiger partial charge in [0, 0.05) is 41.6 Å². The molecule has 5 rings (SSSR count). The summed E-state index contributed by atoms with van der Waals surface area (Å²) in [7, 11) is 0. The Morgan fingerprint density at radius 2 is 1.91 bits per heavy atom. The molecule has 1 amide bonds. The largest absolute Gasteiger partial charge is 0.493 e. The van der Waals surface area contributed by atoms with E-state index in [0.29, 0.717) is 17.1 Å². The Balaban J connectivity index is 1.21. The minimum Gasteiger partial charge on any atom is -0.493 e. The van der Waals surface area contributed by atoms with Crippen LogP contribution in [0.4, 0.5) is 11.4 Å². The molecule has 5 nitrogen and oxygen atoms in total. The summed E-state index contributed by atoms with van der Waals surface area (Å²) < 4.78 is 5.78. The van der Waals surface area contributed by atoms with E-state index in [2.05, 4.69) is 54.1 Å². The van der Waals surface area contributed by atoms with Crippen molar-refractivity contribution >= 4 is 17.3 Å². The van der Waals surface area contributed by atoms with E-state index in [-0.39, 0.29) is 5.91 Å². The molecule has 0 radical (unpaired) electrons. The van der Waals surface area contributed by atoms with Crippen molar-refractivity contribution in [2.75, 3.05) is 36.5 Å². The van der Waals surface area contributed by atoms with Gasteiger partial charge in [-0.2, -0.15) is 0 Å². The van der Waals surface area contributed by atoms with E-state index in [1.807, 2.05) is 24.3 Å². The van der Waals surface area contributed by atoms with Crippen LogP contribution in [0.3, 0.4) is 0 Å². The fourth-order valence-corrected chi connectivity index (χ4v) is 5.66. The number of amides is 1. The Labute approximate surface area is 198 Å². The smallest absolute Gasteiger partial charge is 0.255 e. The lowest BCUT2D eigenvalue weighted by Crippen LogP contribution is -2.49. The first-order valence-corrected chi connectivity index (χ1v) is 12.6. The predicted molar refractivity (Wildman–Crippen MR) is 134 cm³/mol. The summed E-state index contributed by atoms with van der Waals surface area (Å²) in [6.45, 7) is 10.9. The van der Waals surface area contributed by atoms with Gasteiger partial charge < -0.3 is 15.0 Å². The van der Waals surface area contributed by atoms with Crippen LogP contribution in [0.5, 0.6) is 5.75 Å². The molecule has 0 bridgehead atoms. The van der Waals surface area contributed by atoms with Gasteiger partial charge in [0.1, 0.15) is 5.75 Å². The summed E-state index contributed by atoms with van der Waals surface area (Å²) in [6, 6.07) is 14.5. The monoisotopic (exact) mass is 447 g/mol. The van der Waals surface area contributed by atoms with Crippen LogP contribution < -0.4 is 15.0 Å². The van der Waals surface area contributed by atoms with Gasteiger partial charge in [0.25, 0.3) is 5.91 Å². The van der Waals surface area contributed by atoms with E-state index in [1.165, 1.54) is 44.3 Å². The third-order valence-electron chi connectivity index (χ3n) is 7.73. The molecule has 1 spiro atoms. The maximum Gasteiger partial charge on any atom is 0.255 e. The van der Waals surface area contributed by atoms with Crippen LogP contribution in [0, 0.1) is 12.8 Å². The normalized spacial score (nSPS) is 23.0. The van der Waals surface area contributed by atoms with E-state index in [4.69, 9.17) is 4.74 Å². The van der Waals surface area contributed by atoms with Gasteiger partial charge in [-0.3, -0.25) is 9.69 Å². The molecule has 2 saturated heterocycles. The Hall–Kier alpha value is -2.53. The highest BCUT2D eigenvalue weighted by Gasteiger charge is 2.46. The lowest BCUT2D eigenvalue weighted by Gasteiger charge is -2.38. The number of carbonyl (C=O) groups excluding carboxylic acids is 1. The standard InChI is InChI=1S/C28H37N3O2/c1-20(2)31-15-4-13-28(31)14-16-30(19-28)24-9-12-26(21(3)17-24)29-27(32)23-7-10-25(11-8-23)33-18-22-5-6-22/h7-12,17,20,22H,4-6,13-16,18-19H2,1-3H3,(H,29,32). The van der Waals surface area contributed by atoms with Crippen molar-refractivity contribution < 1.29 is 9.53 Å². The van der Waals surface area contributed by atoms with E-state index in [1.54, 1.807) is 0 Å². The number of ether oxygens (including phenoxy) is 1. The summed E-state index contributed by atoms with van der Waals surface area (Å²) in [5.74, 6) is 1.47. The summed E-state index contributed by atoms with van der Waals surface area (Å²) >= 11 is 0. The van der Waals surface area contributed by atoms with Gasteiger partial charge in [0.05, 0.1) is 6.61 Å². The third kappa shape index (κ3) is 4.74. The SMILES string of the molecule is Cc1cc(N2CCC3(CCCN3C(C)C)C2)ccc1NC(=O)c1ccc(OCC2CC2)cc1. The second-order valence-electron chi connectivity index (χ2n) is 10.5. The molecule has 2 aliphatic heterocycles. The first kappa shape index (κ1) is 22.3. The minimum atomic E-state index is -0.0850. The zero-order valence-corrected chi connectivity index (χ0v) is 20.3. The quantitative estimate of drug-likeness (QED) is 0.610. The first-order valence-electron chi connectivity index (χ1n) is 12.6. The maximum atomic E-state index is 12.8. The number of hydrogen-bond donors (Lipinski definition) is 1. The van der Waals surface area contributed by atoms with Gasteiger partial charge in [0.15, 0.2) is 0 Å². The van der Waals surface area contributed by atoms with Gasteiger partial charge in [-0.15, -0.1) is 0 Å². The molecule has 2 aromatic rings. The number of hydrogen-bond acceptors (Lipinski definition) is 4. The third-order valence-corrected chi connectivity index (χ3v) is 7.73. The van der Waals surface area contributed by atoms with Gasteiger partial charge >= 0.3 is 0 Å². The predicted octanol–water partition coefficient (Wildman–Crippen LogP) is 5.49. The number of likely N-dealkylation sites (tertiary alicyclic amines) is 1. The van der Waals surface area contributed by atoms with Crippen molar-refractivity contribution in [2.45, 2.75) is 64.5 Å². The lowest BCUT2D eigenvalue weighted by atomic mass is 9.94. The molecule has 33 heavy (non-hydrogen) atoms. The average molecular weight is 448 g/mol. The van der Waals surface area contributed by atoms with E-state index in [0.717, 1.165) is 42.6 Å². The number of rotatable bonds is 7. The summed E-state index contributed by atoms with van der Waals surface area (Å²) in [4.78, 5) is 18.0. The minimum absolute atomic E-state index is 0.0850. The lowest BCUT2D eigenvalue weighted by molar-refractivity contribution is 0.102. The molecule has 1 aliphatic carbocycles.